The first-order valence-electron chi connectivity index (χ1n) is 8.01. The number of aromatic hydroxyl groups is 1. The predicted octanol–water partition coefficient (Wildman–Crippen LogP) is 4.83. The molecule has 0 amide bonds. The molecule has 2 aromatic carbocycles. The fourth-order valence-corrected chi connectivity index (χ4v) is 4.77. The van der Waals surface area contributed by atoms with Gasteiger partial charge in [0.15, 0.2) is 5.78 Å². The first kappa shape index (κ1) is 17.0. The van der Waals surface area contributed by atoms with E-state index in [-0.39, 0.29) is 11.9 Å². The van der Waals surface area contributed by atoms with Crippen LogP contribution in [0, 0.1) is 6.92 Å². The molecule has 128 valence electrons. The predicted molar refractivity (Wildman–Crippen MR) is 94.4 cm³/mol. The van der Waals surface area contributed by atoms with Gasteiger partial charge in [-0.25, -0.2) is 0 Å². The van der Waals surface area contributed by atoms with Gasteiger partial charge in [-0.1, -0.05) is 29.8 Å². The molecular formula is C18H22NO4P. The van der Waals surface area contributed by atoms with Crippen LogP contribution in [0.4, 0.5) is 5.69 Å². The molecule has 6 heteroatoms. The van der Waals surface area contributed by atoms with Crippen molar-refractivity contribution in [2.24, 2.45) is 0 Å². The van der Waals surface area contributed by atoms with Crippen LogP contribution < -0.4 is 5.32 Å². The highest BCUT2D eigenvalue weighted by atomic mass is 31.2. The molecule has 0 saturated carbocycles. The van der Waals surface area contributed by atoms with Gasteiger partial charge in [0.05, 0.1) is 12.7 Å². The first-order valence-corrected chi connectivity index (χ1v) is 9.62. The average Bonchev–Trinajstić information content (AvgIpc) is 2.55. The summed E-state index contributed by atoms with van der Waals surface area (Å²) in [6, 6.07) is 14.4. The van der Waals surface area contributed by atoms with Crippen molar-refractivity contribution in [3.05, 3.63) is 59.7 Å². The summed E-state index contributed by atoms with van der Waals surface area (Å²) in [6.45, 7) is 4.32. The van der Waals surface area contributed by atoms with E-state index in [4.69, 9.17) is 9.05 Å². The maximum Gasteiger partial charge on any atom is 0.357 e. The number of benzene rings is 2. The van der Waals surface area contributed by atoms with Gasteiger partial charge < -0.3 is 19.5 Å². The van der Waals surface area contributed by atoms with Gasteiger partial charge in [-0.05, 0) is 50.1 Å². The lowest BCUT2D eigenvalue weighted by Gasteiger charge is -2.34. The minimum absolute atomic E-state index is 0.121. The van der Waals surface area contributed by atoms with E-state index in [2.05, 4.69) is 5.32 Å². The second kappa shape index (κ2) is 6.98. The first-order chi connectivity index (χ1) is 11.5. The summed E-state index contributed by atoms with van der Waals surface area (Å²) in [5.74, 6) is -0.478. The Kier molecular flexibility index (Phi) is 4.95. The Balaban J connectivity index is 1.95. The van der Waals surface area contributed by atoms with Gasteiger partial charge in [0, 0.05) is 5.69 Å². The smallest absolute Gasteiger partial charge is 0.357 e. The van der Waals surface area contributed by atoms with Gasteiger partial charge in [-0.2, -0.15) is 0 Å². The summed E-state index contributed by atoms with van der Waals surface area (Å²) < 4.78 is 24.6. The lowest BCUT2D eigenvalue weighted by molar-refractivity contribution is 0.0887. The Morgan fingerprint density at radius 2 is 1.83 bits per heavy atom. The topological polar surface area (TPSA) is 67.8 Å². The second-order valence-corrected chi connectivity index (χ2v) is 8.15. The fourth-order valence-electron chi connectivity index (χ4n) is 2.62. The van der Waals surface area contributed by atoms with E-state index in [1.807, 2.05) is 38.1 Å². The summed E-state index contributed by atoms with van der Waals surface area (Å²) in [4.78, 5) is 0. The minimum Gasteiger partial charge on any atom is -0.508 e. The normalized spacial score (nSPS) is 25.2. The lowest BCUT2D eigenvalue weighted by Crippen LogP contribution is -2.23. The van der Waals surface area contributed by atoms with Crippen molar-refractivity contribution in [1.29, 1.82) is 0 Å². The van der Waals surface area contributed by atoms with Crippen molar-refractivity contribution in [3.8, 4) is 5.75 Å². The second-order valence-electron chi connectivity index (χ2n) is 6.08. The molecule has 1 heterocycles. The van der Waals surface area contributed by atoms with Gasteiger partial charge in [-0.3, -0.25) is 4.57 Å². The van der Waals surface area contributed by atoms with Crippen molar-refractivity contribution >= 4 is 13.3 Å². The van der Waals surface area contributed by atoms with Crippen molar-refractivity contribution in [2.75, 3.05) is 11.9 Å². The zero-order valence-electron chi connectivity index (χ0n) is 13.8. The third-order valence-electron chi connectivity index (χ3n) is 4.00. The number of phenols is 1. The van der Waals surface area contributed by atoms with E-state index in [0.29, 0.717) is 6.61 Å². The molecule has 3 rings (SSSR count). The molecule has 0 spiro atoms. The van der Waals surface area contributed by atoms with E-state index in [1.165, 1.54) is 0 Å². The molecule has 2 N–H and O–H groups in total. The number of anilines is 1. The quantitative estimate of drug-likeness (QED) is 0.776. The Labute approximate surface area is 142 Å². The highest BCUT2D eigenvalue weighted by Gasteiger charge is 2.41. The van der Waals surface area contributed by atoms with Crippen LogP contribution in [0.25, 0.3) is 0 Å². The molecule has 24 heavy (non-hydrogen) atoms. The molecular weight excluding hydrogens is 325 g/mol. The van der Waals surface area contributed by atoms with Crippen molar-refractivity contribution in [3.63, 3.8) is 0 Å². The molecule has 1 aliphatic rings. The zero-order chi connectivity index (χ0) is 17.2. The molecule has 0 bridgehead atoms. The van der Waals surface area contributed by atoms with Crippen molar-refractivity contribution in [1.82, 2.24) is 0 Å². The van der Waals surface area contributed by atoms with E-state index >= 15 is 0 Å². The summed E-state index contributed by atoms with van der Waals surface area (Å²) in [5.41, 5.74) is 2.72. The standard InChI is InChI=1S/C18H22NO4P/c1-13-3-7-16(8-4-13)19-18(15-5-9-17(20)10-6-15)24(21)22-12-11-14(2)23-24/h3-10,14,18-20H,11-12H2,1-2H3/t14-,18-,24+/m1/s1. The maximum atomic E-state index is 13.3. The zero-order valence-corrected chi connectivity index (χ0v) is 14.7. The van der Waals surface area contributed by atoms with Crippen LogP contribution >= 0.6 is 7.60 Å². The molecule has 0 aromatic heterocycles. The van der Waals surface area contributed by atoms with E-state index in [9.17, 15) is 9.67 Å². The van der Waals surface area contributed by atoms with Crippen LogP contribution in [0.1, 0.15) is 30.3 Å². The Morgan fingerprint density at radius 1 is 1.17 bits per heavy atom. The Bertz CT molecular complexity index is 730. The molecule has 5 nitrogen and oxygen atoms in total. The summed E-state index contributed by atoms with van der Waals surface area (Å²) in [7, 11) is -3.39. The number of hydrogen-bond acceptors (Lipinski definition) is 5. The molecule has 0 aliphatic carbocycles. The van der Waals surface area contributed by atoms with Gasteiger partial charge in [0.2, 0.25) is 0 Å². The molecule has 2 aromatic rings. The third kappa shape index (κ3) is 3.81. The summed E-state index contributed by atoms with van der Waals surface area (Å²) >= 11 is 0. The molecule has 3 atom stereocenters. The number of rotatable bonds is 4. The highest BCUT2D eigenvalue weighted by molar-refractivity contribution is 7.54. The molecule has 0 unspecified atom stereocenters. The van der Waals surface area contributed by atoms with E-state index < -0.39 is 13.4 Å². The number of aryl methyl sites for hydroxylation is 1. The Morgan fingerprint density at radius 3 is 2.46 bits per heavy atom. The van der Waals surface area contributed by atoms with E-state index in [0.717, 1.165) is 23.2 Å². The Hall–Kier alpha value is -1.81. The molecule has 1 aliphatic heterocycles. The molecule has 1 fully saturated rings. The molecule has 0 radical (unpaired) electrons. The number of phenolic OH excluding ortho intramolecular Hbond substituents is 1. The highest BCUT2D eigenvalue weighted by Crippen LogP contribution is 2.63. The lowest BCUT2D eigenvalue weighted by atomic mass is 10.2. The van der Waals surface area contributed by atoms with Gasteiger partial charge >= 0.3 is 7.60 Å². The van der Waals surface area contributed by atoms with Crippen LogP contribution in [-0.4, -0.2) is 17.8 Å². The van der Waals surface area contributed by atoms with Gasteiger partial charge in [0.25, 0.3) is 0 Å². The van der Waals surface area contributed by atoms with Crippen molar-refractivity contribution < 1.29 is 18.7 Å². The van der Waals surface area contributed by atoms with Crippen molar-refractivity contribution in [2.45, 2.75) is 32.2 Å². The van der Waals surface area contributed by atoms with Gasteiger partial charge in [-0.15, -0.1) is 0 Å². The van der Waals surface area contributed by atoms with Crippen LogP contribution in [-0.2, 0) is 13.6 Å². The van der Waals surface area contributed by atoms with E-state index in [1.54, 1.807) is 24.3 Å². The van der Waals surface area contributed by atoms with Gasteiger partial charge in [0.1, 0.15) is 5.75 Å². The monoisotopic (exact) mass is 347 g/mol. The number of nitrogens with one attached hydrogen (secondary N) is 1. The average molecular weight is 347 g/mol. The van der Waals surface area contributed by atoms with Crippen LogP contribution in [0.2, 0.25) is 0 Å². The summed E-state index contributed by atoms with van der Waals surface area (Å²) in [6.07, 6.45) is 0.598. The van der Waals surface area contributed by atoms with Crippen LogP contribution in [0.3, 0.4) is 0 Å². The summed E-state index contributed by atoms with van der Waals surface area (Å²) in [5, 5.41) is 12.8. The minimum atomic E-state index is -3.39. The van der Waals surface area contributed by atoms with Crippen LogP contribution in [0.15, 0.2) is 48.5 Å². The third-order valence-corrected chi connectivity index (χ3v) is 6.26. The largest absolute Gasteiger partial charge is 0.508 e. The molecule has 1 saturated heterocycles. The SMILES string of the molecule is Cc1ccc(N[C@@H](c2ccc(O)cc2)[P@]2(=O)OCC[C@@H](C)O2)cc1. The van der Waals surface area contributed by atoms with Crippen LogP contribution in [0.5, 0.6) is 5.75 Å². The number of hydrogen-bond donors (Lipinski definition) is 2. The fraction of sp³-hybridized carbons (Fsp3) is 0.333. The maximum absolute atomic E-state index is 13.3.